The molecular formula is C19H26N2O3S2. The normalized spacial score (nSPS) is 17.6. The molecule has 0 amide bonds. The van der Waals surface area contributed by atoms with Crippen LogP contribution in [0.15, 0.2) is 46.0 Å². The molecule has 0 aliphatic carbocycles. The molecule has 1 N–H and O–H groups in total. The van der Waals surface area contributed by atoms with E-state index < -0.39 is 10.0 Å². The predicted octanol–water partition coefficient (Wildman–Crippen LogP) is 3.65. The average Bonchev–Trinajstić information content (AvgIpc) is 3.05. The SMILES string of the molecule is COc1ccc(S(=O)(=O)NC[C@H](c2ccsc2)N2CCCCCC2)cc1. The topological polar surface area (TPSA) is 58.6 Å². The van der Waals surface area contributed by atoms with Gasteiger partial charge in [0.2, 0.25) is 10.0 Å². The average molecular weight is 395 g/mol. The second-order valence-corrected chi connectivity index (χ2v) is 9.10. The third-order valence-corrected chi connectivity index (χ3v) is 6.99. The van der Waals surface area contributed by atoms with Crippen LogP contribution in [0.5, 0.6) is 5.75 Å². The molecule has 0 radical (unpaired) electrons. The molecule has 0 saturated carbocycles. The Kier molecular flexibility index (Phi) is 6.69. The van der Waals surface area contributed by atoms with Gasteiger partial charge in [-0.25, -0.2) is 13.1 Å². The maximum Gasteiger partial charge on any atom is 0.240 e. The van der Waals surface area contributed by atoms with E-state index in [1.165, 1.54) is 31.2 Å². The summed E-state index contributed by atoms with van der Waals surface area (Å²) < 4.78 is 33.3. The molecule has 2 aromatic rings. The van der Waals surface area contributed by atoms with Crippen LogP contribution in [-0.2, 0) is 10.0 Å². The number of ether oxygens (including phenoxy) is 1. The fourth-order valence-corrected chi connectivity index (χ4v) is 5.10. The van der Waals surface area contributed by atoms with Crippen molar-refractivity contribution in [2.75, 3.05) is 26.7 Å². The second kappa shape index (κ2) is 8.99. The van der Waals surface area contributed by atoms with Crippen LogP contribution in [0.4, 0.5) is 0 Å². The van der Waals surface area contributed by atoms with Crippen molar-refractivity contribution in [3.05, 3.63) is 46.7 Å². The highest BCUT2D eigenvalue weighted by Gasteiger charge is 2.24. The number of sulfonamides is 1. The van der Waals surface area contributed by atoms with Crippen molar-refractivity contribution in [2.45, 2.75) is 36.6 Å². The zero-order valence-electron chi connectivity index (χ0n) is 15.1. The second-order valence-electron chi connectivity index (χ2n) is 6.55. The van der Waals surface area contributed by atoms with Gasteiger partial charge in [0.05, 0.1) is 12.0 Å². The number of nitrogens with zero attached hydrogens (tertiary/aromatic N) is 1. The Balaban J connectivity index is 1.73. The number of methoxy groups -OCH3 is 1. The molecule has 1 fully saturated rings. The maximum absolute atomic E-state index is 12.7. The van der Waals surface area contributed by atoms with Gasteiger partial charge in [0.25, 0.3) is 0 Å². The fourth-order valence-electron chi connectivity index (χ4n) is 3.36. The van der Waals surface area contributed by atoms with Crippen molar-refractivity contribution in [1.29, 1.82) is 0 Å². The monoisotopic (exact) mass is 394 g/mol. The van der Waals surface area contributed by atoms with Gasteiger partial charge in [0.15, 0.2) is 0 Å². The lowest BCUT2D eigenvalue weighted by molar-refractivity contribution is 0.206. The molecule has 1 aliphatic rings. The molecule has 1 aromatic carbocycles. The number of thiophene rings is 1. The van der Waals surface area contributed by atoms with E-state index in [0.717, 1.165) is 13.1 Å². The Bertz CT molecular complexity index is 766. The highest BCUT2D eigenvalue weighted by molar-refractivity contribution is 7.89. The van der Waals surface area contributed by atoms with Gasteiger partial charge in [-0.3, -0.25) is 4.90 Å². The minimum Gasteiger partial charge on any atom is -0.497 e. The van der Waals surface area contributed by atoms with Crippen molar-refractivity contribution < 1.29 is 13.2 Å². The molecule has 1 aliphatic heterocycles. The molecule has 5 nitrogen and oxygen atoms in total. The van der Waals surface area contributed by atoms with Gasteiger partial charge >= 0.3 is 0 Å². The number of rotatable bonds is 7. The largest absolute Gasteiger partial charge is 0.497 e. The van der Waals surface area contributed by atoms with Gasteiger partial charge in [-0.05, 0) is 72.6 Å². The number of hydrogen-bond acceptors (Lipinski definition) is 5. The summed E-state index contributed by atoms with van der Waals surface area (Å²) in [7, 11) is -1.98. The van der Waals surface area contributed by atoms with Crippen molar-refractivity contribution >= 4 is 21.4 Å². The van der Waals surface area contributed by atoms with Crippen LogP contribution in [0.1, 0.15) is 37.3 Å². The van der Waals surface area contributed by atoms with Gasteiger partial charge in [-0.15, -0.1) is 0 Å². The molecule has 1 atom stereocenters. The van der Waals surface area contributed by atoms with E-state index in [1.54, 1.807) is 42.7 Å². The number of likely N-dealkylation sites (tertiary alicyclic amines) is 1. The van der Waals surface area contributed by atoms with E-state index in [1.807, 2.05) is 0 Å². The zero-order valence-corrected chi connectivity index (χ0v) is 16.7. The maximum atomic E-state index is 12.7. The van der Waals surface area contributed by atoms with Gasteiger partial charge in [0, 0.05) is 12.6 Å². The van der Waals surface area contributed by atoms with Gasteiger partial charge < -0.3 is 4.74 Å². The first-order valence-corrected chi connectivity index (χ1v) is 11.4. The first kappa shape index (κ1) is 19.4. The van der Waals surface area contributed by atoms with E-state index in [4.69, 9.17) is 4.74 Å². The van der Waals surface area contributed by atoms with Gasteiger partial charge in [0.1, 0.15) is 5.75 Å². The quantitative estimate of drug-likeness (QED) is 0.779. The molecule has 7 heteroatoms. The van der Waals surface area contributed by atoms with E-state index >= 15 is 0 Å². The summed E-state index contributed by atoms with van der Waals surface area (Å²) in [5.41, 5.74) is 1.19. The van der Waals surface area contributed by atoms with Crippen LogP contribution in [0.2, 0.25) is 0 Å². The van der Waals surface area contributed by atoms with Crippen LogP contribution in [-0.4, -0.2) is 40.1 Å². The lowest BCUT2D eigenvalue weighted by Gasteiger charge is -2.30. The minimum atomic E-state index is -3.55. The van der Waals surface area contributed by atoms with Crippen molar-refractivity contribution in [1.82, 2.24) is 9.62 Å². The predicted molar refractivity (Wildman–Crippen MR) is 105 cm³/mol. The first-order chi connectivity index (χ1) is 12.6. The third-order valence-electron chi connectivity index (χ3n) is 4.85. The van der Waals surface area contributed by atoms with Gasteiger partial charge in [-0.1, -0.05) is 12.8 Å². The molecule has 0 bridgehead atoms. The molecule has 1 aromatic heterocycles. The van der Waals surface area contributed by atoms with Crippen molar-refractivity contribution in [3.8, 4) is 5.75 Å². The van der Waals surface area contributed by atoms with Gasteiger partial charge in [-0.2, -0.15) is 11.3 Å². The Morgan fingerprint density at radius 2 is 1.81 bits per heavy atom. The molecule has 3 rings (SSSR count). The number of benzene rings is 1. The molecule has 26 heavy (non-hydrogen) atoms. The number of hydrogen-bond donors (Lipinski definition) is 1. The molecule has 0 spiro atoms. The molecule has 1 saturated heterocycles. The van der Waals surface area contributed by atoms with Crippen LogP contribution >= 0.6 is 11.3 Å². The Labute approximate surface area is 160 Å². The standard InChI is InChI=1S/C19H26N2O3S2/c1-24-17-6-8-18(9-7-17)26(22,23)20-14-19(16-10-13-25-15-16)21-11-4-2-3-5-12-21/h6-10,13,15,19-20H,2-5,11-12,14H2,1H3/t19-/m1/s1. The van der Waals surface area contributed by atoms with Crippen LogP contribution in [0.3, 0.4) is 0 Å². The van der Waals surface area contributed by atoms with E-state index in [-0.39, 0.29) is 10.9 Å². The zero-order chi connectivity index (χ0) is 18.4. The lowest BCUT2D eigenvalue weighted by atomic mass is 10.1. The highest BCUT2D eigenvalue weighted by Crippen LogP contribution is 2.26. The van der Waals surface area contributed by atoms with Crippen LogP contribution in [0, 0.1) is 0 Å². The van der Waals surface area contributed by atoms with E-state index in [9.17, 15) is 8.42 Å². The van der Waals surface area contributed by atoms with E-state index in [2.05, 4.69) is 26.4 Å². The van der Waals surface area contributed by atoms with Crippen LogP contribution < -0.4 is 9.46 Å². The molecule has 0 unspecified atom stereocenters. The van der Waals surface area contributed by atoms with E-state index in [0.29, 0.717) is 12.3 Å². The molecule has 2 heterocycles. The van der Waals surface area contributed by atoms with Crippen molar-refractivity contribution in [2.24, 2.45) is 0 Å². The Hall–Kier alpha value is -1.41. The summed E-state index contributed by atoms with van der Waals surface area (Å²) in [5.74, 6) is 0.643. The summed E-state index contributed by atoms with van der Waals surface area (Å²) in [5, 5.41) is 4.18. The smallest absolute Gasteiger partial charge is 0.240 e. The highest BCUT2D eigenvalue weighted by atomic mass is 32.2. The van der Waals surface area contributed by atoms with Crippen molar-refractivity contribution in [3.63, 3.8) is 0 Å². The number of nitrogens with one attached hydrogen (secondary N) is 1. The Morgan fingerprint density at radius 1 is 1.12 bits per heavy atom. The fraction of sp³-hybridized carbons (Fsp3) is 0.474. The summed E-state index contributed by atoms with van der Waals surface area (Å²) >= 11 is 1.65. The lowest BCUT2D eigenvalue weighted by Crippen LogP contribution is -2.38. The third kappa shape index (κ3) is 4.85. The summed E-state index contributed by atoms with van der Waals surface area (Å²) in [6.45, 7) is 2.42. The summed E-state index contributed by atoms with van der Waals surface area (Å²) in [4.78, 5) is 2.68. The molecular weight excluding hydrogens is 368 g/mol. The molecule has 142 valence electrons. The first-order valence-electron chi connectivity index (χ1n) is 9.00. The minimum absolute atomic E-state index is 0.0763. The summed E-state index contributed by atoms with van der Waals surface area (Å²) in [6, 6.07) is 8.66. The van der Waals surface area contributed by atoms with Crippen LogP contribution in [0.25, 0.3) is 0 Å². The Morgan fingerprint density at radius 3 is 2.38 bits per heavy atom. The summed E-state index contributed by atoms with van der Waals surface area (Å²) in [6.07, 6.45) is 4.85.